The van der Waals surface area contributed by atoms with Crippen LogP contribution in [-0.2, 0) is 9.53 Å². The molecule has 0 aliphatic heterocycles. The lowest BCUT2D eigenvalue weighted by Crippen LogP contribution is -2.22. The summed E-state index contributed by atoms with van der Waals surface area (Å²) in [7, 11) is 1.40. The molecule has 3 N–H and O–H groups in total. The van der Waals surface area contributed by atoms with Crippen LogP contribution in [0.1, 0.15) is 21.5 Å². The van der Waals surface area contributed by atoms with Gasteiger partial charge in [0.05, 0.1) is 17.8 Å². The number of benzene rings is 2. The summed E-state index contributed by atoms with van der Waals surface area (Å²) in [5.74, 6) is -0.941. The van der Waals surface area contributed by atoms with E-state index in [1.807, 2.05) is 32.0 Å². The minimum atomic E-state index is -0.726. The lowest BCUT2D eigenvalue weighted by Gasteiger charge is -2.13. The van der Waals surface area contributed by atoms with Crippen molar-refractivity contribution in [3.05, 3.63) is 52.0 Å². The van der Waals surface area contributed by atoms with Crippen LogP contribution in [0.3, 0.4) is 0 Å². The first-order valence-electron chi connectivity index (χ1n) is 7.49. The van der Waals surface area contributed by atoms with Gasteiger partial charge in [0.1, 0.15) is 11.3 Å². The number of carbonyl (C=O) groups is 2. The van der Waals surface area contributed by atoms with Gasteiger partial charge in [-0.3, -0.25) is 4.79 Å². The molecule has 6 nitrogen and oxygen atoms in total. The molecule has 0 saturated heterocycles. The van der Waals surface area contributed by atoms with Gasteiger partial charge in [-0.05, 0) is 31.0 Å². The van der Waals surface area contributed by atoms with Crippen molar-refractivity contribution in [2.45, 2.75) is 13.8 Å². The van der Waals surface area contributed by atoms with Gasteiger partial charge in [0.25, 0.3) is 5.91 Å². The van der Waals surface area contributed by atoms with Crippen molar-refractivity contribution in [2.24, 2.45) is 0 Å². The number of aryl methyl sites for hydroxylation is 2. The summed E-state index contributed by atoms with van der Waals surface area (Å²) in [5.41, 5.74) is 8.60. The van der Waals surface area contributed by atoms with E-state index in [0.717, 1.165) is 11.1 Å². The first-order valence-corrected chi connectivity index (χ1v) is 7.87. The second kappa shape index (κ2) is 7.90. The van der Waals surface area contributed by atoms with Crippen molar-refractivity contribution in [1.29, 1.82) is 0 Å². The van der Waals surface area contributed by atoms with Gasteiger partial charge < -0.3 is 20.5 Å². The van der Waals surface area contributed by atoms with Crippen molar-refractivity contribution in [3.8, 4) is 5.75 Å². The van der Waals surface area contributed by atoms with E-state index in [2.05, 4.69) is 5.32 Å². The highest BCUT2D eigenvalue weighted by molar-refractivity contribution is 6.33. The van der Waals surface area contributed by atoms with Gasteiger partial charge in [-0.25, -0.2) is 4.79 Å². The van der Waals surface area contributed by atoms with E-state index in [1.165, 1.54) is 19.2 Å². The number of para-hydroxylation sites is 1. The predicted octanol–water partition coefficient (Wildman–Crippen LogP) is 3.34. The number of amides is 1. The highest BCUT2D eigenvalue weighted by Gasteiger charge is 2.18. The fraction of sp³-hybridized carbons (Fsp3) is 0.222. The normalized spacial score (nSPS) is 10.2. The van der Waals surface area contributed by atoms with Gasteiger partial charge in [0, 0.05) is 11.8 Å². The van der Waals surface area contributed by atoms with E-state index < -0.39 is 18.5 Å². The Labute approximate surface area is 150 Å². The van der Waals surface area contributed by atoms with Crippen LogP contribution in [0.25, 0.3) is 0 Å². The van der Waals surface area contributed by atoms with E-state index in [1.54, 1.807) is 0 Å². The number of hydrogen-bond donors (Lipinski definition) is 2. The van der Waals surface area contributed by atoms with Crippen molar-refractivity contribution in [3.63, 3.8) is 0 Å². The summed E-state index contributed by atoms with van der Waals surface area (Å²) < 4.78 is 10.1. The molecular weight excluding hydrogens is 344 g/mol. The molecule has 2 aromatic rings. The van der Waals surface area contributed by atoms with Gasteiger partial charge in [0.2, 0.25) is 0 Å². The molecule has 0 aromatic heterocycles. The number of hydrogen-bond acceptors (Lipinski definition) is 5. The summed E-state index contributed by atoms with van der Waals surface area (Å²) in [6.45, 7) is 3.34. The van der Waals surface area contributed by atoms with Gasteiger partial charge in [0.15, 0.2) is 6.61 Å². The number of halogens is 1. The maximum absolute atomic E-state index is 12.2. The topological polar surface area (TPSA) is 90.7 Å². The van der Waals surface area contributed by atoms with Crippen molar-refractivity contribution < 1.29 is 19.1 Å². The zero-order chi connectivity index (χ0) is 18.6. The standard InChI is InChI=1S/C18H19ClN2O4/c1-10-5-4-6-11(2)17(10)21-16(22)9-25-18(23)12-7-13(19)14(20)8-15(12)24-3/h4-8H,9,20H2,1-3H3,(H,21,22). The van der Waals surface area contributed by atoms with Crippen molar-refractivity contribution in [2.75, 3.05) is 24.8 Å². The fourth-order valence-corrected chi connectivity index (χ4v) is 2.46. The number of nitrogens with two attached hydrogens (primary N) is 1. The van der Waals surface area contributed by atoms with Gasteiger partial charge in [-0.2, -0.15) is 0 Å². The molecule has 0 spiro atoms. The summed E-state index contributed by atoms with van der Waals surface area (Å²) in [6, 6.07) is 8.44. The molecule has 0 bridgehead atoms. The number of methoxy groups -OCH3 is 1. The Bertz CT molecular complexity index is 801. The zero-order valence-electron chi connectivity index (χ0n) is 14.2. The van der Waals surface area contributed by atoms with Gasteiger partial charge in [-0.1, -0.05) is 29.8 Å². The largest absolute Gasteiger partial charge is 0.496 e. The van der Waals surface area contributed by atoms with E-state index >= 15 is 0 Å². The maximum Gasteiger partial charge on any atom is 0.342 e. The van der Waals surface area contributed by atoms with Crippen LogP contribution in [0.2, 0.25) is 5.02 Å². The van der Waals surface area contributed by atoms with Crippen molar-refractivity contribution in [1.82, 2.24) is 0 Å². The van der Waals surface area contributed by atoms with Gasteiger partial charge in [-0.15, -0.1) is 0 Å². The number of ether oxygens (including phenoxy) is 2. The highest BCUT2D eigenvalue weighted by atomic mass is 35.5. The van der Waals surface area contributed by atoms with Crippen molar-refractivity contribution >= 4 is 34.9 Å². The molecule has 1 amide bonds. The summed E-state index contributed by atoms with van der Waals surface area (Å²) in [6.07, 6.45) is 0. The summed E-state index contributed by atoms with van der Waals surface area (Å²) in [4.78, 5) is 24.3. The minimum Gasteiger partial charge on any atom is -0.496 e. The molecule has 0 aliphatic carbocycles. The minimum absolute atomic E-state index is 0.0987. The molecular formula is C18H19ClN2O4. The first kappa shape index (κ1) is 18.6. The lowest BCUT2D eigenvalue weighted by molar-refractivity contribution is -0.119. The van der Waals surface area contributed by atoms with E-state index in [4.69, 9.17) is 26.8 Å². The third-order valence-electron chi connectivity index (χ3n) is 3.62. The van der Waals surface area contributed by atoms with Crippen LogP contribution in [0.5, 0.6) is 5.75 Å². The maximum atomic E-state index is 12.2. The molecule has 2 rings (SSSR count). The average Bonchev–Trinajstić information content (AvgIpc) is 2.58. The van der Waals surface area contributed by atoms with Crippen LogP contribution in [0, 0.1) is 13.8 Å². The van der Waals surface area contributed by atoms with E-state index in [0.29, 0.717) is 5.69 Å². The Kier molecular flexibility index (Phi) is 5.88. The second-order valence-electron chi connectivity index (χ2n) is 5.47. The molecule has 0 aliphatic rings. The quantitative estimate of drug-likeness (QED) is 0.628. The van der Waals surface area contributed by atoms with Crippen LogP contribution in [0.4, 0.5) is 11.4 Å². The average molecular weight is 363 g/mol. The molecule has 7 heteroatoms. The van der Waals surface area contributed by atoms with Gasteiger partial charge >= 0.3 is 5.97 Å². The molecule has 0 fully saturated rings. The SMILES string of the molecule is COc1cc(N)c(Cl)cc1C(=O)OCC(=O)Nc1c(C)cccc1C. The molecule has 132 valence electrons. The number of carbonyl (C=O) groups excluding carboxylic acids is 2. The van der Waals surface area contributed by atoms with Crippen LogP contribution in [0.15, 0.2) is 30.3 Å². The Morgan fingerprint density at radius 2 is 1.84 bits per heavy atom. The molecule has 25 heavy (non-hydrogen) atoms. The third kappa shape index (κ3) is 4.42. The fourth-order valence-electron chi connectivity index (χ4n) is 2.29. The second-order valence-corrected chi connectivity index (χ2v) is 5.87. The van der Waals surface area contributed by atoms with Crippen LogP contribution < -0.4 is 15.8 Å². The van der Waals surface area contributed by atoms with Crippen LogP contribution in [-0.4, -0.2) is 25.6 Å². The number of nitrogens with one attached hydrogen (secondary N) is 1. The van der Waals surface area contributed by atoms with Crippen LogP contribution >= 0.6 is 11.6 Å². The molecule has 0 heterocycles. The Morgan fingerprint density at radius 1 is 1.20 bits per heavy atom. The summed E-state index contributed by atoms with van der Waals surface area (Å²) >= 11 is 5.92. The Morgan fingerprint density at radius 3 is 2.44 bits per heavy atom. The Balaban J connectivity index is 2.05. The first-order chi connectivity index (χ1) is 11.8. The number of rotatable bonds is 5. The third-order valence-corrected chi connectivity index (χ3v) is 3.95. The molecule has 0 saturated carbocycles. The predicted molar refractivity (Wildman–Crippen MR) is 97.2 cm³/mol. The highest BCUT2D eigenvalue weighted by Crippen LogP contribution is 2.29. The molecule has 0 atom stereocenters. The molecule has 0 radical (unpaired) electrons. The summed E-state index contributed by atoms with van der Waals surface area (Å²) in [5, 5.41) is 2.94. The Hall–Kier alpha value is -2.73. The monoisotopic (exact) mass is 362 g/mol. The number of nitrogen functional groups attached to an aromatic ring is 1. The zero-order valence-corrected chi connectivity index (χ0v) is 14.9. The van der Waals surface area contributed by atoms with E-state index in [9.17, 15) is 9.59 Å². The number of esters is 1. The molecule has 2 aromatic carbocycles. The number of anilines is 2. The van der Waals surface area contributed by atoms with E-state index in [-0.39, 0.29) is 22.0 Å². The lowest BCUT2D eigenvalue weighted by atomic mass is 10.1. The molecule has 0 unspecified atom stereocenters. The smallest absolute Gasteiger partial charge is 0.342 e.